The number of hydrogen-bond donors (Lipinski definition) is 2. The number of piperidine rings is 1. The third-order valence-corrected chi connectivity index (χ3v) is 3.92. The van der Waals surface area contributed by atoms with E-state index in [9.17, 15) is 9.59 Å². The molecule has 0 aromatic heterocycles. The number of nitrogens with zero attached hydrogens (tertiary/aromatic N) is 1. The van der Waals surface area contributed by atoms with Crippen molar-refractivity contribution in [1.29, 1.82) is 0 Å². The smallest absolute Gasteiger partial charge is 0.222 e. The average Bonchev–Trinajstić information content (AvgIpc) is 2.45. The van der Waals surface area contributed by atoms with Crippen LogP contribution in [0.2, 0.25) is 0 Å². The van der Waals surface area contributed by atoms with Crippen LogP contribution in [0, 0.1) is 5.92 Å². The number of amides is 2. The molecule has 21 heavy (non-hydrogen) atoms. The maximum Gasteiger partial charge on any atom is 0.222 e. The van der Waals surface area contributed by atoms with Gasteiger partial charge in [-0.1, -0.05) is 6.92 Å². The lowest BCUT2D eigenvalue weighted by atomic mass is 9.92. The number of halogens is 1. The van der Waals surface area contributed by atoms with Crippen molar-refractivity contribution in [2.75, 3.05) is 19.6 Å². The molecule has 0 aliphatic carbocycles. The van der Waals surface area contributed by atoms with Crippen LogP contribution in [0.4, 0.5) is 0 Å². The first-order chi connectivity index (χ1) is 9.54. The zero-order valence-corrected chi connectivity index (χ0v) is 14.1. The summed E-state index contributed by atoms with van der Waals surface area (Å²) in [6.07, 6.45) is 4.63. The lowest BCUT2D eigenvalue weighted by molar-refractivity contribution is -0.133. The van der Waals surface area contributed by atoms with Crippen LogP contribution >= 0.6 is 12.4 Å². The zero-order valence-electron chi connectivity index (χ0n) is 13.3. The van der Waals surface area contributed by atoms with Gasteiger partial charge >= 0.3 is 0 Å². The molecule has 3 N–H and O–H groups in total. The highest BCUT2D eigenvalue weighted by Crippen LogP contribution is 2.19. The molecule has 0 aromatic carbocycles. The molecule has 1 aliphatic rings. The Morgan fingerprint density at radius 3 is 2.71 bits per heavy atom. The minimum absolute atomic E-state index is 0. The van der Waals surface area contributed by atoms with Gasteiger partial charge in [-0.3, -0.25) is 9.59 Å². The van der Waals surface area contributed by atoms with Crippen molar-refractivity contribution < 1.29 is 9.59 Å². The number of hydrogen-bond acceptors (Lipinski definition) is 3. The number of carbonyl (C=O) groups excluding carboxylic acids is 2. The fourth-order valence-electron chi connectivity index (χ4n) is 2.58. The van der Waals surface area contributed by atoms with E-state index >= 15 is 0 Å². The van der Waals surface area contributed by atoms with Crippen LogP contribution in [0.15, 0.2) is 0 Å². The fraction of sp³-hybridized carbons (Fsp3) is 0.867. The molecule has 2 amide bonds. The number of rotatable bonds is 7. The molecule has 0 bridgehead atoms. The molecule has 0 aromatic rings. The van der Waals surface area contributed by atoms with Crippen molar-refractivity contribution in [1.82, 2.24) is 10.2 Å². The van der Waals surface area contributed by atoms with E-state index in [4.69, 9.17) is 5.73 Å². The summed E-state index contributed by atoms with van der Waals surface area (Å²) in [5.41, 5.74) is 5.92. The highest BCUT2D eigenvalue weighted by atomic mass is 35.5. The zero-order chi connectivity index (χ0) is 15.0. The van der Waals surface area contributed by atoms with Gasteiger partial charge in [0.2, 0.25) is 11.8 Å². The molecule has 1 saturated heterocycles. The Morgan fingerprint density at radius 1 is 1.38 bits per heavy atom. The topological polar surface area (TPSA) is 75.4 Å². The molecule has 2 atom stereocenters. The predicted octanol–water partition coefficient (Wildman–Crippen LogP) is 1.69. The summed E-state index contributed by atoms with van der Waals surface area (Å²) in [4.78, 5) is 25.5. The Labute approximate surface area is 134 Å². The van der Waals surface area contributed by atoms with Crippen LogP contribution in [0.1, 0.15) is 52.4 Å². The van der Waals surface area contributed by atoms with Gasteiger partial charge in [-0.05, 0) is 38.5 Å². The van der Waals surface area contributed by atoms with Gasteiger partial charge in [-0.15, -0.1) is 12.4 Å². The highest BCUT2D eigenvalue weighted by Gasteiger charge is 2.25. The van der Waals surface area contributed by atoms with E-state index in [1.54, 1.807) is 0 Å². The summed E-state index contributed by atoms with van der Waals surface area (Å²) < 4.78 is 0. The van der Waals surface area contributed by atoms with Gasteiger partial charge in [0.15, 0.2) is 0 Å². The van der Waals surface area contributed by atoms with Gasteiger partial charge in [-0.2, -0.15) is 0 Å². The Hall–Kier alpha value is -0.810. The second-order valence-corrected chi connectivity index (χ2v) is 5.80. The quantitative estimate of drug-likeness (QED) is 0.750. The van der Waals surface area contributed by atoms with Crippen molar-refractivity contribution >= 4 is 24.2 Å². The number of nitrogens with two attached hydrogens (primary N) is 1. The second kappa shape index (κ2) is 10.9. The maximum atomic E-state index is 12.1. The summed E-state index contributed by atoms with van der Waals surface area (Å²) in [7, 11) is 0. The monoisotopic (exact) mass is 319 g/mol. The summed E-state index contributed by atoms with van der Waals surface area (Å²) in [6, 6.07) is 0.144. The molecule has 124 valence electrons. The maximum absolute atomic E-state index is 12.1. The summed E-state index contributed by atoms with van der Waals surface area (Å²) >= 11 is 0. The molecule has 0 radical (unpaired) electrons. The molecule has 1 rings (SSSR count). The van der Waals surface area contributed by atoms with E-state index in [0.717, 1.165) is 38.9 Å². The number of likely N-dealkylation sites (tertiary alicyclic amines) is 1. The van der Waals surface area contributed by atoms with Crippen molar-refractivity contribution in [3.05, 3.63) is 0 Å². The minimum atomic E-state index is 0. The predicted molar refractivity (Wildman–Crippen MR) is 87.4 cm³/mol. The van der Waals surface area contributed by atoms with Gasteiger partial charge in [0.25, 0.3) is 0 Å². The van der Waals surface area contributed by atoms with Crippen molar-refractivity contribution in [3.8, 4) is 0 Å². The first kappa shape index (κ1) is 20.2. The van der Waals surface area contributed by atoms with Crippen LogP contribution in [-0.4, -0.2) is 42.4 Å². The van der Waals surface area contributed by atoms with E-state index in [-0.39, 0.29) is 30.3 Å². The first-order valence-corrected chi connectivity index (χ1v) is 7.84. The van der Waals surface area contributed by atoms with E-state index in [0.29, 0.717) is 25.2 Å². The van der Waals surface area contributed by atoms with Gasteiger partial charge in [0, 0.05) is 38.5 Å². The van der Waals surface area contributed by atoms with E-state index < -0.39 is 0 Å². The largest absolute Gasteiger partial charge is 0.356 e. The van der Waals surface area contributed by atoms with Crippen LogP contribution < -0.4 is 11.1 Å². The van der Waals surface area contributed by atoms with Crippen molar-refractivity contribution in [2.24, 2.45) is 11.7 Å². The first-order valence-electron chi connectivity index (χ1n) is 7.84. The molecular formula is C15H30ClN3O2. The normalized spacial score (nSPS) is 19.6. The van der Waals surface area contributed by atoms with E-state index in [1.807, 2.05) is 18.7 Å². The van der Waals surface area contributed by atoms with Gasteiger partial charge in [0.05, 0.1) is 0 Å². The van der Waals surface area contributed by atoms with Crippen LogP contribution in [0.25, 0.3) is 0 Å². The average molecular weight is 320 g/mol. The Morgan fingerprint density at radius 2 is 2.10 bits per heavy atom. The van der Waals surface area contributed by atoms with E-state index in [1.165, 1.54) is 0 Å². The molecule has 6 heteroatoms. The fourth-order valence-corrected chi connectivity index (χ4v) is 2.58. The second-order valence-electron chi connectivity index (χ2n) is 5.80. The summed E-state index contributed by atoms with van der Waals surface area (Å²) in [6.45, 7) is 6.36. The Bertz CT molecular complexity index is 324. The minimum Gasteiger partial charge on any atom is -0.356 e. The number of carbonyl (C=O) groups is 2. The van der Waals surface area contributed by atoms with Gasteiger partial charge in [0.1, 0.15) is 0 Å². The Kier molecular flexibility index (Phi) is 10.4. The van der Waals surface area contributed by atoms with Gasteiger partial charge < -0.3 is 16.0 Å². The molecule has 2 unspecified atom stereocenters. The van der Waals surface area contributed by atoms with Crippen molar-refractivity contribution in [2.45, 2.75) is 58.4 Å². The van der Waals surface area contributed by atoms with Crippen LogP contribution in [-0.2, 0) is 9.59 Å². The third-order valence-electron chi connectivity index (χ3n) is 3.92. The Balaban J connectivity index is 0.00000400. The summed E-state index contributed by atoms with van der Waals surface area (Å²) in [5.74, 6) is 0.631. The molecule has 1 fully saturated rings. The van der Waals surface area contributed by atoms with Crippen LogP contribution in [0.3, 0.4) is 0 Å². The lowest BCUT2D eigenvalue weighted by Crippen LogP contribution is -2.45. The lowest BCUT2D eigenvalue weighted by Gasteiger charge is -2.34. The third kappa shape index (κ3) is 7.67. The molecule has 1 aliphatic heterocycles. The standard InChI is InChI=1S/C15H29N3O2.ClH/c1-3-9-17-14(19)7-4-8-15(20)18-10-5-6-13(11-18)12(2)16;/h12-13H,3-11,16H2,1-2H3,(H,17,19);1H. The molecule has 1 heterocycles. The number of nitrogens with one attached hydrogen (secondary N) is 1. The summed E-state index contributed by atoms with van der Waals surface area (Å²) in [5, 5.41) is 2.83. The molecule has 5 nitrogen and oxygen atoms in total. The highest BCUT2D eigenvalue weighted by molar-refractivity contribution is 5.85. The van der Waals surface area contributed by atoms with Gasteiger partial charge in [-0.25, -0.2) is 0 Å². The van der Waals surface area contributed by atoms with Crippen molar-refractivity contribution in [3.63, 3.8) is 0 Å². The van der Waals surface area contributed by atoms with E-state index in [2.05, 4.69) is 5.32 Å². The molecule has 0 spiro atoms. The SMILES string of the molecule is CCCNC(=O)CCCC(=O)N1CCCC(C(C)N)C1.Cl. The molecule has 0 saturated carbocycles. The van der Waals surface area contributed by atoms with Crippen LogP contribution in [0.5, 0.6) is 0 Å². The molecular weight excluding hydrogens is 290 g/mol.